The Labute approximate surface area is 238 Å². The summed E-state index contributed by atoms with van der Waals surface area (Å²) in [4.78, 5) is 23.6. The van der Waals surface area contributed by atoms with Crippen LogP contribution in [0.15, 0.2) is 48.6 Å². The Morgan fingerprint density at radius 1 is 0.641 bits per heavy atom. The summed E-state index contributed by atoms with van der Waals surface area (Å²) in [5.74, 6) is -0.679. The number of aliphatic hydroxyl groups is 2. The van der Waals surface area contributed by atoms with Crippen LogP contribution in [0.3, 0.4) is 0 Å². The van der Waals surface area contributed by atoms with E-state index in [0.717, 1.165) is 38.5 Å². The smallest absolute Gasteiger partial charge is 0.305 e. The second-order valence-electron chi connectivity index (χ2n) is 10.1. The van der Waals surface area contributed by atoms with Gasteiger partial charge in [0.05, 0.1) is 6.10 Å². The van der Waals surface area contributed by atoms with E-state index < -0.39 is 12.2 Å². The summed E-state index contributed by atoms with van der Waals surface area (Å²) in [5, 5.41) is 19.8. The largest absolute Gasteiger partial charge is 0.463 e. The normalized spacial score (nSPS) is 13.6. The van der Waals surface area contributed by atoms with Crippen LogP contribution in [0.25, 0.3) is 0 Å². The molecule has 0 bridgehead atoms. The lowest BCUT2D eigenvalue weighted by Crippen LogP contribution is -2.25. The fraction of sp³-hybridized carbons (Fsp3) is 0.697. The topological polar surface area (TPSA) is 93.1 Å². The van der Waals surface area contributed by atoms with Gasteiger partial charge in [-0.25, -0.2) is 0 Å². The Kier molecular flexibility index (Phi) is 27.2. The molecule has 0 saturated carbocycles. The number of unbranched alkanes of at least 4 members (excludes halogenated alkanes) is 10. The molecule has 2 N–H and O–H groups in total. The number of ether oxygens (including phenoxy) is 2. The maximum atomic E-state index is 11.8. The molecule has 0 aliphatic carbocycles. The lowest BCUT2D eigenvalue weighted by Gasteiger charge is -2.12. The molecule has 0 radical (unpaired) electrons. The average molecular weight is 549 g/mol. The number of rotatable bonds is 26. The Hall–Kier alpha value is -2.18. The van der Waals surface area contributed by atoms with E-state index >= 15 is 0 Å². The SMILES string of the molecule is CCCCC/C=C\C[C@@H](O)/C=C/C=C\C/C=C\CCCC(=O)OC[C@H](O)COC(=O)CCCCCCCCC. The second kappa shape index (κ2) is 28.8. The molecule has 0 unspecified atom stereocenters. The van der Waals surface area contributed by atoms with Crippen molar-refractivity contribution in [2.24, 2.45) is 0 Å². The molecule has 0 aliphatic rings. The highest BCUT2D eigenvalue weighted by atomic mass is 16.6. The predicted octanol–water partition coefficient (Wildman–Crippen LogP) is 7.69. The molecule has 39 heavy (non-hydrogen) atoms. The summed E-state index contributed by atoms with van der Waals surface area (Å²) in [6, 6.07) is 0. The predicted molar refractivity (Wildman–Crippen MR) is 160 cm³/mol. The molecule has 6 heteroatoms. The molecule has 0 aliphatic heterocycles. The van der Waals surface area contributed by atoms with E-state index in [2.05, 4.69) is 19.9 Å². The van der Waals surface area contributed by atoms with Crippen molar-refractivity contribution in [1.29, 1.82) is 0 Å². The molecule has 0 aromatic heterocycles. The first-order valence-corrected chi connectivity index (χ1v) is 15.3. The van der Waals surface area contributed by atoms with E-state index in [0.29, 0.717) is 19.3 Å². The standard InChI is InChI=1S/C33H56O6/c1-3-5-7-9-13-18-22-26-32(36)38-28-31(35)29-39-33(37)27-23-19-15-12-11-14-17-21-25-30(34)24-20-16-10-8-6-4-2/h12,14-17,20-21,25,30-31,34-35H,3-11,13,18-19,22-24,26-29H2,1-2H3/b15-12-,17-14-,20-16-,25-21+/t30-,31-/m1/s1. The van der Waals surface area contributed by atoms with Crippen molar-refractivity contribution in [3.63, 3.8) is 0 Å². The molecule has 0 aromatic rings. The van der Waals surface area contributed by atoms with Gasteiger partial charge in [-0.15, -0.1) is 0 Å². The molecule has 0 amide bonds. The molecule has 0 aromatic carbocycles. The van der Waals surface area contributed by atoms with Gasteiger partial charge in [0.15, 0.2) is 0 Å². The van der Waals surface area contributed by atoms with Gasteiger partial charge in [0.1, 0.15) is 19.3 Å². The van der Waals surface area contributed by atoms with E-state index in [4.69, 9.17) is 9.47 Å². The van der Waals surface area contributed by atoms with Crippen LogP contribution in [0.1, 0.15) is 123 Å². The van der Waals surface area contributed by atoms with E-state index in [-0.39, 0.29) is 31.6 Å². The van der Waals surface area contributed by atoms with Crippen LogP contribution < -0.4 is 0 Å². The van der Waals surface area contributed by atoms with Crippen LogP contribution in [0.2, 0.25) is 0 Å². The van der Waals surface area contributed by atoms with E-state index in [1.807, 2.05) is 36.5 Å². The number of carbonyl (C=O) groups excluding carboxylic acids is 2. The number of carbonyl (C=O) groups is 2. The van der Waals surface area contributed by atoms with Crippen LogP contribution in [0.4, 0.5) is 0 Å². The van der Waals surface area contributed by atoms with Gasteiger partial charge in [0.2, 0.25) is 0 Å². The zero-order valence-corrected chi connectivity index (χ0v) is 24.7. The van der Waals surface area contributed by atoms with Crippen molar-refractivity contribution in [3.05, 3.63) is 48.6 Å². The number of aliphatic hydroxyl groups excluding tert-OH is 2. The lowest BCUT2D eigenvalue weighted by atomic mass is 10.1. The van der Waals surface area contributed by atoms with Crippen molar-refractivity contribution >= 4 is 11.9 Å². The van der Waals surface area contributed by atoms with E-state index in [9.17, 15) is 19.8 Å². The average Bonchev–Trinajstić information content (AvgIpc) is 2.93. The molecule has 0 fully saturated rings. The first-order valence-electron chi connectivity index (χ1n) is 15.3. The minimum Gasteiger partial charge on any atom is -0.463 e. The zero-order valence-electron chi connectivity index (χ0n) is 24.7. The van der Waals surface area contributed by atoms with Gasteiger partial charge in [-0.3, -0.25) is 9.59 Å². The fourth-order valence-corrected chi connectivity index (χ4v) is 3.75. The van der Waals surface area contributed by atoms with Gasteiger partial charge >= 0.3 is 11.9 Å². The first-order chi connectivity index (χ1) is 19.0. The highest BCUT2D eigenvalue weighted by Crippen LogP contribution is 2.09. The van der Waals surface area contributed by atoms with Gasteiger partial charge < -0.3 is 19.7 Å². The Bertz CT molecular complexity index is 694. The van der Waals surface area contributed by atoms with Crippen molar-refractivity contribution in [2.45, 2.75) is 135 Å². The molecule has 0 spiro atoms. The Morgan fingerprint density at radius 2 is 1.21 bits per heavy atom. The summed E-state index contributed by atoms with van der Waals surface area (Å²) >= 11 is 0. The molecular formula is C33H56O6. The summed E-state index contributed by atoms with van der Waals surface area (Å²) in [5.41, 5.74) is 0. The molecule has 0 rings (SSSR count). The number of hydrogen-bond donors (Lipinski definition) is 2. The van der Waals surface area contributed by atoms with Crippen LogP contribution in [0, 0.1) is 0 Å². The summed E-state index contributed by atoms with van der Waals surface area (Å²) in [6.07, 6.45) is 30.6. The Balaban J connectivity index is 3.70. The van der Waals surface area contributed by atoms with E-state index in [1.54, 1.807) is 6.08 Å². The molecule has 2 atom stereocenters. The van der Waals surface area contributed by atoms with Gasteiger partial charge in [-0.2, -0.15) is 0 Å². The fourth-order valence-electron chi connectivity index (χ4n) is 3.75. The maximum Gasteiger partial charge on any atom is 0.305 e. The van der Waals surface area contributed by atoms with Crippen molar-refractivity contribution in [3.8, 4) is 0 Å². The molecular weight excluding hydrogens is 492 g/mol. The number of esters is 2. The summed E-state index contributed by atoms with van der Waals surface area (Å²) < 4.78 is 10.1. The minimum atomic E-state index is -0.999. The minimum absolute atomic E-state index is 0.150. The van der Waals surface area contributed by atoms with Gasteiger partial charge in [0.25, 0.3) is 0 Å². The number of allylic oxidation sites excluding steroid dienone is 6. The highest BCUT2D eigenvalue weighted by molar-refractivity contribution is 5.69. The molecule has 0 heterocycles. The van der Waals surface area contributed by atoms with Crippen LogP contribution in [0.5, 0.6) is 0 Å². The van der Waals surface area contributed by atoms with Gasteiger partial charge in [-0.05, 0) is 44.9 Å². The third-order valence-corrected chi connectivity index (χ3v) is 6.15. The Morgan fingerprint density at radius 3 is 1.90 bits per heavy atom. The van der Waals surface area contributed by atoms with E-state index in [1.165, 1.54) is 44.9 Å². The molecule has 0 saturated heterocycles. The monoisotopic (exact) mass is 548 g/mol. The highest BCUT2D eigenvalue weighted by Gasteiger charge is 2.11. The molecule has 224 valence electrons. The quantitative estimate of drug-likeness (QED) is 0.0498. The first kappa shape index (κ1) is 36.8. The lowest BCUT2D eigenvalue weighted by molar-refractivity contribution is -0.152. The van der Waals surface area contributed by atoms with Gasteiger partial charge in [-0.1, -0.05) is 114 Å². The zero-order chi connectivity index (χ0) is 28.8. The maximum absolute atomic E-state index is 11.8. The summed E-state index contributed by atoms with van der Waals surface area (Å²) in [6.45, 7) is 4.07. The summed E-state index contributed by atoms with van der Waals surface area (Å²) in [7, 11) is 0. The van der Waals surface area contributed by atoms with Crippen LogP contribution >= 0.6 is 0 Å². The van der Waals surface area contributed by atoms with Crippen LogP contribution in [-0.4, -0.2) is 47.6 Å². The number of hydrogen-bond acceptors (Lipinski definition) is 6. The van der Waals surface area contributed by atoms with Crippen LogP contribution in [-0.2, 0) is 19.1 Å². The second-order valence-corrected chi connectivity index (χ2v) is 10.1. The van der Waals surface area contributed by atoms with Crippen molar-refractivity contribution in [1.82, 2.24) is 0 Å². The van der Waals surface area contributed by atoms with Crippen molar-refractivity contribution in [2.75, 3.05) is 13.2 Å². The third kappa shape index (κ3) is 28.6. The molecule has 6 nitrogen and oxygen atoms in total. The van der Waals surface area contributed by atoms with Gasteiger partial charge in [0, 0.05) is 12.8 Å². The third-order valence-electron chi connectivity index (χ3n) is 6.15. The van der Waals surface area contributed by atoms with Crippen molar-refractivity contribution < 1.29 is 29.3 Å².